The van der Waals surface area contributed by atoms with Crippen molar-refractivity contribution in [2.75, 3.05) is 6.54 Å². The average Bonchev–Trinajstić information content (AvgIpc) is 3.45. The summed E-state index contributed by atoms with van der Waals surface area (Å²) in [4.78, 5) is 17.5. The molecule has 2 heterocycles. The van der Waals surface area contributed by atoms with Gasteiger partial charge < -0.3 is 5.32 Å². The van der Waals surface area contributed by atoms with Crippen LogP contribution in [0.25, 0.3) is 27.7 Å². The molecule has 4 rings (SSSR count). The van der Waals surface area contributed by atoms with Gasteiger partial charge in [-0.2, -0.15) is 18.3 Å². The van der Waals surface area contributed by atoms with Gasteiger partial charge in [0.1, 0.15) is 5.56 Å². The molecule has 0 aliphatic heterocycles. The molecule has 2 aromatic carbocycles. The number of hydrogen-bond donors (Lipinski definition) is 1. The second kappa shape index (κ2) is 17.2. The van der Waals surface area contributed by atoms with Gasteiger partial charge in [0.2, 0.25) is 0 Å². The van der Waals surface area contributed by atoms with Crippen LogP contribution < -0.4 is 5.32 Å². The number of fused-ring (bicyclic) bond motifs is 2. The zero-order valence-corrected chi connectivity index (χ0v) is 26.1. The number of nitrogens with zero attached hydrogens (tertiary/aromatic N) is 3. The summed E-state index contributed by atoms with van der Waals surface area (Å²) in [5, 5.41) is 8.44. The monoisotopic (exact) mass is 608 g/mol. The second-order valence-electron chi connectivity index (χ2n) is 11.9. The minimum absolute atomic E-state index is 0.0362. The number of aromatic nitrogens is 3. The number of alkyl halides is 3. The van der Waals surface area contributed by atoms with Crippen LogP contribution in [0.2, 0.25) is 0 Å². The first-order chi connectivity index (χ1) is 21.4. The summed E-state index contributed by atoms with van der Waals surface area (Å²) >= 11 is 0. The lowest BCUT2D eigenvalue weighted by atomic mass is 10.0. The van der Waals surface area contributed by atoms with Crippen LogP contribution in [0.4, 0.5) is 13.2 Å². The van der Waals surface area contributed by atoms with Gasteiger partial charge in [-0.1, -0.05) is 146 Å². The van der Waals surface area contributed by atoms with E-state index in [2.05, 4.69) is 22.3 Å². The van der Waals surface area contributed by atoms with E-state index in [1.54, 1.807) is 12.1 Å². The number of carbonyl (C=O) groups excluding carboxylic acids is 1. The molecule has 0 unspecified atom stereocenters. The fraction of sp³-hybridized carbons (Fsp3) is 0.528. The predicted molar refractivity (Wildman–Crippen MR) is 173 cm³/mol. The van der Waals surface area contributed by atoms with Gasteiger partial charge in [-0.15, -0.1) is 0 Å². The number of unbranched alkanes of at least 4 members (excludes halogenated alkanes) is 15. The Labute approximate surface area is 259 Å². The van der Waals surface area contributed by atoms with Crippen molar-refractivity contribution < 1.29 is 18.0 Å². The molecule has 0 bridgehead atoms. The van der Waals surface area contributed by atoms with Crippen LogP contribution in [0.15, 0.2) is 54.7 Å². The molecule has 8 heteroatoms. The average molecular weight is 609 g/mol. The van der Waals surface area contributed by atoms with E-state index in [1.165, 1.54) is 89.7 Å². The third-order valence-electron chi connectivity index (χ3n) is 8.39. The summed E-state index contributed by atoms with van der Waals surface area (Å²) in [7, 11) is 0. The molecule has 1 amide bonds. The first-order valence-electron chi connectivity index (χ1n) is 16.6. The molecule has 0 saturated heterocycles. The number of amides is 1. The highest BCUT2D eigenvalue weighted by atomic mass is 19.4. The molecule has 0 atom stereocenters. The van der Waals surface area contributed by atoms with Crippen molar-refractivity contribution in [2.24, 2.45) is 0 Å². The summed E-state index contributed by atoms with van der Waals surface area (Å²) in [6.07, 6.45) is 16.8. The van der Waals surface area contributed by atoms with Crippen LogP contribution in [0.5, 0.6) is 0 Å². The molecule has 0 saturated carbocycles. The van der Waals surface area contributed by atoms with Gasteiger partial charge in [-0.3, -0.25) is 4.79 Å². The number of nitrogens with one attached hydrogen (secondary N) is 1. The van der Waals surface area contributed by atoms with Crippen molar-refractivity contribution in [3.63, 3.8) is 0 Å². The zero-order valence-electron chi connectivity index (χ0n) is 26.1. The van der Waals surface area contributed by atoms with Crippen LogP contribution in [0.1, 0.15) is 126 Å². The minimum Gasteiger partial charge on any atom is -0.352 e. The van der Waals surface area contributed by atoms with E-state index in [4.69, 9.17) is 0 Å². The Hall–Kier alpha value is -3.42. The SMILES string of the molecule is CCCCCCCCCCCCCCCCCCNC(=O)c1cnn2c(C(F)(F)F)cc(-c3cccc4ccccc34)nc12. The van der Waals surface area contributed by atoms with Crippen LogP contribution >= 0.6 is 0 Å². The van der Waals surface area contributed by atoms with E-state index in [0.29, 0.717) is 12.1 Å². The summed E-state index contributed by atoms with van der Waals surface area (Å²) in [6.45, 7) is 2.72. The number of carbonyl (C=O) groups is 1. The quantitative estimate of drug-likeness (QED) is 0.108. The summed E-state index contributed by atoms with van der Waals surface area (Å²) in [5.74, 6) is -0.461. The van der Waals surface area contributed by atoms with Gasteiger partial charge in [-0.05, 0) is 23.3 Å². The third kappa shape index (κ3) is 9.54. The molecule has 5 nitrogen and oxygen atoms in total. The number of halogens is 3. The molecule has 0 spiro atoms. The smallest absolute Gasteiger partial charge is 0.352 e. The normalized spacial score (nSPS) is 11.9. The molecule has 0 radical (unpaired) electrons. The van der Waals surface area contributed by atoms with Crippen molar-refractivity contribution in [3.8, 4) is 11.3 Å². The first-order valence-corrected chi connectivity index (χ1v) is 16.6. The first kappa shape index (κ1) is 33.5. The molecule has 1 N–H and O–H groups in total. The second-order valence-corrected chi connectivity index (χ2v) is 11.9. The summed E-state index contributed by atoms with van der Waals surface area (Å²) in [5.41, 5.74) is -0.325. The van der Waals surface area contributed by atoms with E-state index in [-0.39, 0.29) is 16.9 Å². The Morgan fingerprint density at radius 1 is 0.773 bits per heavy atom. The Kier molecular flexibility index (Phi) is 13.1. The van der Waals surface area contributed by atoms with Crippen molar-refractivity contribution in [3.05, 3.63) is 66.0 Å². The lowest BCUT2D eigenvalue weighted by Gasteiger charge is -2.13. The fourth-order valence-corrected chi connectivity index (χ4v) is 5.88. The van der Waals surface area contributed by atoms with E-state index in [9.17, 15) is 18.0 Å². The van der Waals surface area contributed by atoms with Crippen LogP contribution in [-0.4, -0.2) is 27.0 Å². The largest absolute Gasteiger partial charge is 0.433 e. The van der Waals surface area contributed by atoms with Crippen LogP contribution in [0, 0.1) is 0 Å². The molecular formula is C36H47F3N4O. The molecular weight excluding hydrogens is 561 g/mol. The van der Waals surface area contributed by atoms with Gasteiger partial charge in [-0.25, -0.2) is 9.50 Å². The van der Waals surface area contributed by atoms with Gasteiger partial charge in [0.05, 0.1) is 11.9 Å². The molecule has 0 aliphatic rings. The molecule has 238 valence electrons. The van der Waals surface area contributed by atoms with Gasteiger partial charge in [0, 0.05) is 12.1 Å². The summed E-state index contributed by atoms with van der Waals surface area (Å²) < 4.78 is 42.9. The van der Waals surface area contributed by atoms with Crippen molar-refractivity contribution in [1.82, 2.24) is 19.9 Å². The maximum Gasteiger partial charge on any atom is 0.433 e. The van der Waals surface area contributed by atoms with E-state index >= 15 is 0 Å². The van der Waals surface area contributed by atoms with Gasteiger partial charge in [0.25, 0.3) is 5.91 Å². The van der Waals surface area contributed by atoms with Crippen molar-refractivity contribution >= 4 is 22.3 Å². The Morgan fingerprint density at radius 3 is 1.95 bits per heavy atom. The highest BCUT2D eigenvalue weighted by molar-refractivity contribution is 6.00. The standard InChI is InChI=1S/C36H47F3N4O/c1-2-3-4-5-6-7-8-9-10-11-12-13-14-15-16-19-25-40-35(44)31-27-41-43-33(36(37,38)39)26-32(42-34(31)43)30-24-20-22-28-21-17-18-23-29(28)30/h17-18,20-24,26-27H,2-16,19,25H2,1H3,(H,40,44). The van der Waals surface area contributed by atoms with Crippen LogP contribution in [-0.2, 0) is 6.18 Å². The molecule has 0 fully saturated rings. The molecule has 0 aliphatic carbocycles. The van der Waals surface area contributed by atoms with E-state index in [0.717, 1.165) is 40.6 Å². The zero-order chi connectivity index (χ0) is 31.2. The number of hydrogen-bond acceptors (Lipinski definition) is 3. The van der Waals surface area contributed by atoms with E-state index < -0.39 is 17.8 Å². The van der Waals surface area contributed by atoms with Crippen LogP contribution in [0.3, 0.4) is 0 Å². The fourth-order valence-electron chi connectivity index (χ4n) is 5.88. The lowest BCUT2D eigenvalue weighted by molar-refractivity contribution is -0.142. The third-order valence-corrected chi connectivity index (χ3v) is 8.39. The lowest BCUT2D eigenvalue weighted by Crippen LogP contribution is -2.24. The minimum atomic E-state index is -4.67. The predicted octanol–water partition coefficient (Wildman–Crippen LogP) is 10.6. The van der Waals surface area contributed by atoms with Crippen molar-refractivity contribution in [1.29, 1.82) is 0 Å². The Bertz CT molecular complexity index is 1460. The highest BCUT2D eigenvalue weighted by Crippen LogP contribution is 2.35. The maximum atomic E-state index is 14.1. The molecule has 4 aromatic rings. The number of rotatable bonds is 19. The number of benzene rings is 2. The maximum absolute atomic E-state index is 14.1. The molecule has 2 aromatic heterocycles. The highest BCUT2D eigenvalue weighted by Gasteiger charge is 2.36. The Balaban J connectivity index is 1.22. The Morgan fingerprint density at radius 2 is 1.34 bits per heavy atom. The van der Waals surface area contributed by atoms with Crippen molar-refractivity contribution in [2.45, 2.75) is 116 Å². The van der Waals surface area contributed by atoms with E-state index in [1.807, 2.05) is 30.3 Å². The van der Waals surface area contributed by atoms with Gasteiger partial charge in [0.15, 0.2) is 11.3 Å². The molecule has 44 heavy (non-hydrogen) atoms. The van der Waals surface area contributed by atoms with Gasteiger partial charge >= 0.3 is 6.18 Å². The summed E-state index contributed by atoms with van der Waals surface area (Å²) in [6, 6.07) is 13.9. The topological polar surface area (TPSA) is 59.3 Å².